The molecule has 1 N–H and O–H groups in total. The zero-order chi connectivity index (χ0) is 13.0. The van der Waals surface area contributed by atoms with Crippen molar-refractivity contribution in [1.29, 1.82) is 0 Å². The van der Waals surface area contributed by atoms with Gasteiger partial charge in [0.15, 0.2) is 0 Å². The lowest BCUT2D eigenvalue weighted by molar-refractivity contribution is -0.130. The van der Waals surface area contributed by atoms with Gasteiger partial charge in [-0.15, -0.1) is 0 Å². The highest BCUT2D eigenvalue weighted by Gasteiger charge is 2.32. The maximum Gasteiger partial charge on any atom is 0.225 e. The molecule has 0 aromatic heterocycles. The van der Waals surface area contributed by atoms with Gasteiger partial charge in [0.05, 0.1) is 0 Å². The Morgan fingerprint density at radius 3 is 2.00 bits per heavy atom. The van der Waals surface area contributed by atoms with Crippen molar-refractivity contribution in [2.24, 2.45) is 10.8 Å². The molecule has 96 valence electrons. The number of amides is 1. The molecule has 16 heavy (non-hydrogen) atoms. The summed E-state index contributed by atoms with van der Waals surface area (Å²) >= 11 is 0. The van der Waals surface area contributed by atoms with Gasteiger partial charge in [-0.3, -0.25) is 4.79 Å². The number of likely N-dealkylation sites (N-methyl/N-ethyl adjacent to an activating group) is 1. The molecule has 0 saturated heterocycles. The minimum Gasteiger partial charge on any atom is -0.354 e. The van der Waals surface area contributed by atoms with Crippen molar-refractivity contribution in [2.75, 3.05) is 27.2 Å². The number of carbonyl (C=O) groups excluding carboxylic acids is 1. The number of hydrogen-bond donors (Lipinski definition) is 1. The molecule has 0 fully saturated rings. The Hall–Kier alpha value is -0.570. The molecular formula is C13H28N2O. The van der Waals surface area contributed by atoms with Crippen molar-refractivity contribution >= 4 is 5.91 Å². The van der Waals surface area contributed by atoms with E-state index in [0.717, 1.165) is 19.5 Å². The van der Waals surface area contributed by atoms with Crippen LogP contribution in [0.1, 0.15) is 41.0 Å². The Morgan fingerprint density at radius 1 is 1.12 bits per heavy atom. The largest absolute Gasteiger partial charge is 0.354 e. The fourth-order valence-corrected chi connectivity index (χ4v) is 2.04. The van der Waals surface area contributed by atoms with Gasteiger partial charge in [-0.25, -0.2) is 0 Å². The maximum absolute atomic E-state index is 12.0. The molecule has 0 saturated carbocycles. The van der Waals surface area contributed by atoms with E-state index in [1.165, 1.54) is 0 Å². The van der Waals surface area contributed by atoms with Gasteiger partial charge in [-0.1, -0.05) is 34.6 Å². The van der Waals surface area contributed by atoms with E-state index in [4.69, 9.17) is 0 Å². The maximum atomic E-state index is 12.0. The molecule has 0 unspecified atom stereocenters. The lowest BCUT2D eigenvalue weighted by atomic mass is 9.76. The van der Waals surface area contributed by atoms with Crippen molar-refractivity contribution in [3.05, 3.63) is 0 Å². The fourth-order valence-electron chi connectivity index (χ4n) is 2.04. The summed E-state index contributed by atoms with van der Waals surface area (Å²) in [5.41, 5.74) is -0.104. The summed E-state index contributed by atoms with van der Waals surface area (Å²) in [5.74, 6) is 0.157. The van der Waals surface area contributed by atoms with Gasteiger partial charge in [0.1, 0.15) is 0 Å². The molecular weight excluding hydrogens is 200 g/mol. The van der Waals surface area contributed by atoms with Crippen molar-refractivity contribution in [3.8, 4) is 0 Å². The standard InChI is InChI=1S/C13H28N2O/c1-12(2,3)10-13(4,5)11(16)14-8-9-15(6)7/h8-10H2,1-7H3,(H,14,16). The monoisotopic (exact) mass is 228 g/mol. The molecule has 0 heterocycles. The van der Waals surface area contributed by atoms with Crippen molar-refractivity contribution in [3.63, 3.8) is 0 Å². The van der Waals surface area contributed by atoms with Crippen molar-refractivity contribution < 1.29 is 4.79 Å². The first-order valence-corrected chi connectivity index (χ1v) is 5.98. The summed E-state index contributed by atoms with van der Waals surface area (Å²) in [6.07, 6.45) is 0.897. The van der Waals surface area contributed by atoms with E-state index in [0.29, 0.717) is 0 Å². The van der Waals surface area contributed by atoms with E-state index in [1.807, 2.05) is 27.9 Å². The number of hydrogen-bond acceptors (Lipinski definition) is 2. The average Bonchev–Trinajstić information content (AvgIpc) is 1.98. The third kappa shape index (κ3) is 6.83. The second-order valence-corrected chi connectivity index (χ2v) is 6.68. The van der Waals surface area contributed by atoms with Crippen LogP contribution >= 0.6 is 0 Å². The van der Waals surface area contributed by atoms with Crippen LogP contribution in [-0.4, -0.2) is 38.0 Å². The van der Waals surface area contributed by atoms with Crippen molar-refractivity contribution in [2.45, 2.75) is 41.0 Å². The first-order chi connectivity index (χ1) is 7.04. The van der Waals surface area contributed by atoms with Gasteiger partial charge in [-0.05, 0) is 25.9 Å². The highest BCUT2D eigenvalue weighted by Crippen LogP contribution is 2.33. The average molecular weight is 228 g/mol. The lowest BCUT2D eigenvalue weighted by Gasteiger charge is -2.31. The van der Waals surface area contributed by atoms with E-state index < -0.39 is 0 Å². The van der Waals surface area contributed by atoms with Crippen LogP contribution in [0, 0.1) is 10.8 Å². The van der Waals surface area contributed by atoms with Gasteiger partial charge < -0.3 is 10.2 Å². The van der Waals surface area contributed by atoms with Crippen LogP contribution in [0.2, 0.25) is 0 Å². The summed E-state index contributed by atoms with van der Waals surface area (Å²) in [7, 11) is 4.01. The van der Waals surface area contributed by atoms with Crippen LogP contribution in [-0.2, 0) is 4.79 Å². The predicted octanol–water partition coefficient (Wildman–Crippen LogP) is 2.13. The minimum atomic E-state index is -0.287. The minimum absolute atomic E-state index is 0.157. The molecule has 0 atom stereocenters. The SMILES string of the molecule is CN(C)CCNC(=O)C(C)(C)CC(C)(C)C. The first kappa shape index (κ1) is 15.4. The molecule has 0 aliphatic heterocycles. The number of carbonyl (C=O) groups is 1. The van der Waals surface area contributed by atoms with Gasteiger partial charge in [0, 0.05) is 18.5 Å². The molecule has 0 rings (SSSR count). The van der Waals surface area contributed by atoms with Gasteiger partial charge in [0.2, 0.25) is 5.91 Å². The number of nitrogens with zero attached hydrogens (tertiary/aromatic N) is 1. The predicted molar refractivity (Wildman–Crippen MR) is 69.4 cm³/mol. The van der Waals surface area contributed by atoms with Gasteiger partial charge in [0.25, 0.3) is 0 Å². The zero-order valence-corrected chi connectivity index (χ0v) is 12.0. The summed E-state index contributed by atoms with van der Waals surface area (Å²) < 4.78 is 0. The highest BCUT2D eigenvalue weighted by molar-refractivity contribution is 5.81. The Balaban J connectivity index is 4.15. The molecule has 3 nitrogen and oxygen atoms in total. The van der Waals surface area contributed by atoms with E-state index in [1.54, 1.807) is 0 Å². The zero-order valence-electron chi connectivity index (χ0n) is 12.0. The third-order valence-electron chi connectivity index (χ3n) is 2.43. The van der Waals surface area contributed by atoms with Crippen LogP contribution in [0.5, 0.6) is 0 Å². The second-order valence-electron chi connectivity index (χ2n) is 6.68. The van der Waals surface area contributed by atoms with Crippen molar-refractivity contribution in [1.82, 2.24) is 10.2 Å². The second kappa shape index (κ2) is 5.67. The van der Waals surface area contributed by atoms with Crippen LogP contribution in [0.3, 0.4) is 0 Å². The summed E-state index contributed by atoms with van der Waals surface area (Å²) in [6, 6.07) is 0. The summed E-state index contributed by atoms with van der Waals surface area (Å²) in [5, 5.41) is 3.00. The quantitative estimate of drug-likeness (QED) is 0.782. The molecule has 0 aromatic carbocycles. The smallest absolute Gasteiger partial charge is 0.225 e. The van der Waals surface area contributed by atoms with E-state index in [9.17, 15) is 4.79 Å². The van der Waals surface area contributed by atoms with Gasteiger partial charge in [-0.2, -0.15) is 0 Å². The van der Waals surface area contributed by atoms with Crippen LogP contribution in [0.15, 0.2) is 0 Å². The normalized spacial score (nSPS) is 13.0. The summed E-state index contributed by atoms with van der Waals surface area (Å²) in [4.78, 5) is 14.1. The first-order valence-electron chi connectivity index (χ1n) is 5.98. The van der Waals surface area contributed by atoms with Gasteiger partial charge >= 0.3 is 0 Å². The Morgan fingerprint density at radius 2 is 1.62 bits per heavy atom. The van der Waals surface area contributed by atoms with Crippen LogP contribution in [0.25, 0.3) is 0 Å². The highest BCUT2D eigenvalue weighted by atomic mass is 16.2. The molecule has 0 radical (unpaired) electrons. The summed E-state index contributed by atoms with van der Waals surface area (Å²) in [6.45, 7) is 12.1. The molecule has 0 aromatic rings. The Bertz CT molecular complexity index is 227. The molecule has 0 aliphatic rings. The van der Waals surface area contributed by atoms with E-state index in [2.05, 4.69) is 31.0 Å². The Kier molecular flexibility index (Phi) is 5.47. The molecule has 3 heteroatoms. The fraction of sp³-hybridized carbons (Fsp3) is 0.923. The third-order valence-corrected chi connectivity index (χ3v) is 2.43. The van der Waals surface area contributed by atoms with Crippen LogP contribution in [0.4, 0.5) is 0 Å². The van der Waals surface area contributed by atoms with Crippen LogP contribution < -0.4 is 5.32 Å². The van der Waals surface area contributed by atoms with E-state index >= 15 is 0 Å². The molecule has 0 aliphatic carbocycles. The Labute approximate surface area is 101 Å². The topological polar surface area (TPSA) is 32.3 Å². The number of rotatable bonds is 5. The van der Waals surface area contributed by atoms with E-state index in [-0.39, 0.29) is 16.7 Å². The molecule has 1 amide bonds. The lowest BCUT2D eigenvalue weighted by Crippen LogP contribution is -2.41. The molecule has 0 spiro atoms. The number of nitrogens with one attached hydrogen (secondary N) is 1. The molecule has 0 bridgehead atoms.